The van der Waals surface area contributed by atoms with Gasteiger partial charge in [0, 0.05) is 12.3 Å². The van der Waals surface area contributed by atoms with Gasteiger partial charge < -0.3 is 5.32 Å². The number of amides is 1. The third-order valence-electron chi connectivity index (χ3n) is 2.98. The van der Waals surface area contributed by atoms with Crippen LogP contribution in [0.25, 0.3) is 0 Å². The minimum Gasteiger partial charge on any atom is -0.320 e. The van der Waals surface area contributed by atoms with Gasteiger partial charge in [-0.05, 0) is 12.5 Å². The monoisotopic (exact) mass is 286 g/mol. The molecule has 0 bridgehead atoms. The first-order valence-corrected chi connectivity index (χ1v) is 7.21. The number of carbonyl (C=O) groups is 2. The van der Waals surface area contributed by atoms with Crippen LogP contribution in [-0.4, -0.2) is 17.4 Å². The number of rotatable bonds is 4. The van der Waals surface area contributed by atoms with Crippen LogP contribution in [0.4, 0.5) is 0 Å². The van der Waals surface area contributed by atoms with Crippen molar-refractivity contribution in [2.45, 2.75) is 19.3 Å². The van der Waals surface area contributed by atoms with Crippen LogP contribution in [0.3, 0.4) is 0 Å². The minimum atomic E-state index is -0.232. The molecular weight excluding hydrogens is 272 g/mol. The van der Waals surface area contributed by atoms with E-state index in [1.807, 2.05) is 30.3 Å². The molecule has 1 aromatic carbocycles. The molecule has 0 fully saturated rings. The molecule has 0 spiro atoms. The second-order valence-corrected chi connectivity index (χ2v) is 5.55. The summed E-state index contributed by atoms with van der Waals surface area (Å²) >= 11 is 1.22. The van der Waals surface area contributed by atoms with Gasteiger partial charge in [-0.1, -0.05) is 42.1 Å². The van der Waals surface area contributed by atoms with Crippen molar-refractivity contribution in [1.82, 2.24) is 5.32 Å². The number of benzene rings is 1. The number of allylic oxidation sites excluding steroid dienone is 1. The highest BCUT2D eigenvalue weighted by molar-refractivity contribution is 8.03. The SMILES string of the molecule is CC(=O)CSC1=C(C#N)C(c2ccccc2)CC(=O)N1. The van der Waals surface area contributed by atoms with Crippen LogP contribution in [0, 0.1) is 11.3 Å². The van der Waals surface area contributed by atoms with E-state index in [1.54, 1.807) is 0 Å². The van der Waals surface area contributed by atoms with E-state index >= 15 is 0 Å². The second-order valence-electron chi connectivity index (χ2n) is 4.56. The van der Waals surface area contributed by atoms with Gasteiger partial charge in [0.25, 0.3) is 0 Å². The highest BCUT2D eigenvalue weighted by Crippen LogP contribution is 2.35. The lowest BCUT2D eigenvalue weighted by molar-refractivity contribution is -0.121. The van der Waals surface area contributed by atoms with Crippen LogP contribution in [0.15, 0.2) is 40.9 Å². The summed E-state index contributed by atoms with van der Waals surface area (Å²) in [5, 5.41) is 12.6. The zero-order valence-electron chi connectivity index (χ0n) is 11.1. The van der Waals surface area contributed by atoms with Gasteiger partial charge in [-0.25, -0.2) is 0 Å². The molecule has 2 rings (SSSR count). The standard InChI is InChI=1S/C15H14N2O2S/c1-10(18)9-20-15-13(8-16)12(7-14(19)17-15)11-5-3-2-4-6-11/h2-6,12H,7,9H2,1H3,(H,17,19). The molecule has 1 aromatic rings. The molecule has 1 N–H and O–H groups in total. The van der Waals surface area contributed by atoms with Gasteiger partial charge in [-0.15, -0.1) is 0 Å². The molecule has 0 saturated carbocycles. The van der Waals surface area contributed by atoms with Crippen molar-refractivity contribution in [3.8, 4) is 6.07 Å². The number of hydrogen-bond acceptors (Lipinski definition) is 4. The van der Waals surface area contributed by atoms with Crippen LogP contribution in [0.2, 0.25) is 0 Å². The summed E-state index contributed by atoms with van der Waals surface area (Å²) in [6.45, 7) is 1.49. The smallest absolute Gasteiger partial charge is 0.225 e. The number of nitrogens with one attached hydrogen (secondary N) is 1. The Morgan fingerprint density at radius 2 is 2.15 bits per heavy atom. The Morgan fingerprint density at radius 3 is 2.75 bits per heavy atom. The first kappa shape index (κ1) is 14.4. The molecular formula is C15H14N2O2S. The predicted octanol–water partition coefficient (Wildman–Crippen LogP) is 2.35. The lowest BCUT2D eigenvalue weighted by atomic mass is 9.87. The van der Waals surface area contributed by atoms with Crippen molar-refractivity contribution in [2.75, 3.05) is 5.75 Å². The Balaban J connectivity index is 2.36. The van der Waals surface area contributed by atoms with Gasteiger partial charge in [0.15, 0.2) is 0 Å². The number of thioether (sulfide) groups is 1. The minimum absolute atomic E-state index is 0.0101. The third kappa shape index (κ3) is 3.28. The first-order valence-electron chi connectivity index (χ1n) is 6.23. The normalized spacial score (nSPS) is 18.4. The summed E-state index contributed by atoms with van der Waals surface area (Å²) in [5.74, 6) is -0.0911. The van der Waals surface area contributed by atoms with Crippen molar-refractivity contribution in [3.05, 3.63) is 46.5 Å². The average Bonchev–Trinajstić information content (AvgIpc) is 2.45. The molecule has 0 aliphatic carbocycles. The Hall–Kier alpha value is -2.06. The topological polar surface area (TPSA) is 70.0 Å². The van der Waals surface area contributed by atoms with E-state index in [9.17, 15) is 14.9 Å². The lowest BCUT2D eigenvalue weighted by Crippen LogP contribution is -2.31. The van der Waals surface area contributed by atoms with E-state index in [0.717, 1.165) is 5.56 Å². The number of nitrogens with zero attached hydrogens (tertiary/aromatic N) is 1. The van der Waals surface area contributed by atoms with E-state index in [4.69, 9.17) is 0 Å². The molecule has 1 aliphatic heterocycles. The molecule has 4 nitrogen and oxygen atoms in total. The van der Waals surface area contributed by atoms with E-state index in [2.05, 4.69) is 11.4 Å². The zero-order chi connectivity index (χ0) is 14.5. The van der Waals surface area contributed by atoms with Gasteiger partial charge in [-0.2, -0.15) is 5.26 Å². The molecule has 1 amide bonds. The summed E-state index contributed by atoms with van der Waals surface area (Å²) in [4.78, 5) is 22.9. The van der Waals surface area contributed by atoms with E-state index in [0.29, 0.717) is 10.6 Å². The summed E-state index contributed by atoms with van der Waals surface area (Å²) in [5.41, 5.74) is 1.47. The van der Waals surface area contributed by atoms with Crippen molar-refractivity contribution >= 4 is 23.5 Å². The van der Waals surface area contributed by atoms with Crippen molar-refractivity contribution in [1.29, 1.82) is 5.26 Å². The fourth-order valence-electron chi connectivity index (χ4n) is 2.08. The summed E-state index contributed by atoms with van der Waals surface area (Å²) in [6.07, 6.45) is 0.261. The molecule has 0 saturated heterocycles. The molecule has 102 valence electrons. The first-order chi connectivity index (χ1) is 9.61. The lowest BCUT2D eigenvalue weighted by Gasteiger charge is -2.24. The van der Waals surface area contributed by atoms with Crippen LogP contribution >= 0.6 is 11.8 Å². The maximum atomic E-state index is 11.8. The summed E-state index contributed by atoms with van der Waals surface area (Å²) in [7, 11) is 0. The summed E-state index contributed by atoms with van der Waals surface area (Å²) < 4.78 is 0. The van der Waals surface area contributed by atoms with E-state index in [1.165, 1.54) is 18.7 Å². The van der Waals surface area contributed by atoms with Gasteiger partial charge in [0.1, 0.15) is 5.78 Å². The quantitative estimate of drug-likeness (QED) is 0.922. The van der Waals surface area contributed by atoms with Crippen molar-refractivity contribution in [2.24, 2.45) is 0 Å². The fourth-order valence-corrected chi connectivity index (χ4v) is 2.95. The average molecular weight is 286 g/mol. The molecule has 5 heteroatoms. The highest BCUT2D eigenvalue weighted by Gasteiger charge is 2.29. The van der Waals surface area contributed by atoms with E-state index < -0.39 is 0 Å². The Morgan fingerprint density at radius 1 is 1.45 bits per heavy atom. The Bertz CT molecular complexity index is 602. The number of carbonyl (C=O) groups excluding carboxylic acids is 2. The number of Topliss-reactive ketones (excluding diaryl/α,β-unsaturated/α-hetero) is 1. The molecule has 1 heterocycles. The molecule has 1 unspecified atom stereocenters. The Kier molecular flexibility index (Phi) is 4.59. The van der Waals surface area contributed by atoms with Crippen LogP contribution < -0.4 is 5.32 Å². The number of nitriles is 1. The molecule has 1 aliphatic rings. The van der Waals surface area contributed by atoms with Crippen LogP contribution in [0.1, 0.15) is 24.8 Å². The summed E-state index contributed by atoms with van der Waals surface area (Å²) in [6, 6.07) is 11.7. The maximum Gasteiger partial charge on any atom is 0.225 e. The second kappa shape index (κ2) is 6.40. The zero-order valence-corrected chi connectivity index (χ0v) is 11.9. The number of ketones is 1. The van der Waals surface area contributed by atoms with Gasteiger partial charge in [-0.3, -0.25) is 9.59 Å². The van der Waals surface area contributed by atoms with Gasteiger partial charge >= 0.3 is 0 Å². The predicted molar refractivity (Wildman–Crippen MR) is 77.7 cm³/mol. The maximum absolute atomic E-state index is 11.8. The van der Waals surface area contributed by atoms with Crippen molar-refractivity contribution < 1.29 is 9.59 Å². The molecule has 0 aromatic heterocycles. The molecule has 1 atom stereocenters. The van der Waals surface area contributed by atoms with Gasteiger partial charge in [0.2, 0.25) is 5.91 Å². The third-order valence-corrected chi connectivity index (χ3v) is 4.14. The van der Waals surface area contributed by atoms with E-state index in [-0.39, 0.29) is 29.8 Å². The van der Waals surface area contributed by atoms with Crippen molar-refractivity contribution in [3.63, 3.8) is 0 Å². The van der Waals surface area contributed by atoms with Crippen LogP contribution in [0.5, 0.6) is 0 Å². The number of hydrogen-bond donors (Lipinski definition) is 1. The highest BCUT2D eigenvalue weighted by atomic mass is 32.2. The Labute approximate surface area is 121 Å². The molecule has 20 heavy (non-hydrogen) atoms. The fraction of sp³-hybridized carbons (Fsp3) is 0.267. The molecule has 0 radical (unpaired) electrons. The van der Waals surface area contributed by atoms with Gasteiger partial charge in [0.05, 0.1) is 22.4 Å². The largest absolute Gasteiger partial charge is 0.320 e. The van der Waals surface area contributed by atoms with Crippen LogP contribution in [-0.2, 0) is 9.59 Å².